The first kappa shape index (κ1) is 19.5. The fraction of sp³-hybridized carbons (Fsp3) is 0.571. The van der Waals surface area contributed by atoms with Gasteiger partial charge in [-0.3, -0.25) is 4.79 Å². The van der Waals surface area contributed by atoms with E-state index in [0.717, 1.165) is 47.7 Å². The number of nitrogens with zero attached hydrogens (tertiary/aromatic N) is 3. The summed E-state index contributed by atoms with van der Waals surface area (Å²) in [7, 11) is 0. The number of hydrogen-bond donors (Lipinski definition) is 0. The molecule has 1 aliphatic rings. The maximum Gasteiger partial charge on any atom is 0.225 e. The molecule has 0 N–H and O–H groups in total. The van der Waals surface area contributed by atoms with Gasteiger partial charge in [0, 0.05) is 18.9 Å². The van der Waals surface area contributed by atoms with Gasteiger partial charge in [-0.25, -0.2) is 4.98 Å². The number of rotatable bonds is 6. The molecule has 1 amide bonds. The van der Waals surface area contributed by atoms with Crippen molar-refractivity contribution in [1.82, 2.24) is 15.0 Å². The van der Waals surface area contributed by atoms with E-state index in [1.165, 1.54) is 0 Å². The van der Waals surface area contributed by atoms with Crippen molar-refractivity contribution in [3.05, 3.63) is 35.3 Å². The lowest BCUT2D eigenvalue weighted by Crippen LogP contribution is -2.45. The van der Waals surface area contributed by atoms with Gasteiger partial charge in [0.05, 0.1) is 35.8 Å². The van der Waals surface area contributed by atoms with Crippen LogP contribution in [0.5, 0.6) is 0 Å². The van der Waals surface area contributed by atoms with Crippen LogP contribution in [0.15, 0.2) is 22.7 Å². The molecule has 0 saturated carbocycles. The topological polar surface area (TPSA) is 68.5 Å². The largest absolute Gasteiger partial charge is 0.368 e. The molecule has 2 aromatic heterocycles. The minimum absolute atomic E-state index is 0.0924. The maximum atomic E-state index is 12.7. The second-order valence-corrected chi connectivity index (χ2v) is 7.02. The SMILES string of the molecule is CCc1onc(C)c1-c1cccc([C@@H]2CN(C(=O)C(CC)CC)CCO2)n1. The van der Waals surface area contributed by atoms with Gasteiger partial charge in [0.15, 0.2) is 0 Å². The van der Waals surface area contributed by atoms with E-state index in [-0.39, 0.29) is 17.9 Å². The fourth-order valence-electron chi connectivity index (χ4n) is 3.68. The molecule has 1 fully saturated rings. The first-order valence-electron chi connectivity index (χ1n) is 9.91. The predicted octanol–water partition coefficient (Wildman–Crippen LogP) is 3.94. The lowest BCUT2D eigenvalue weighted by atomic mass is 10.0. The normalized spacial score (nSPS) is 17.5. The van der Waals surface area contributed by atoms with Crippen molar-refractivity contribution in [1.29, 1.82) is 0 Å². The first-order chi connectivity index (χ1) is 13.1. The standard InChI is InChI=1S/C21H29N3O3/c1-5-15(6-2)21(25)24-11-12-26-19(13-24)16-9-8-10-17(22-16)20-14(4)23-27-18(20)7-3/h8-10,15,19H,5-7,11-13H2,1-4H3/t19-/m0/s1. The summed E-state index contributed by atoms with van der Waals surface area (Å²) in [5.74, 6) is 1.16. The van der Waals surface area contributed by atoms with Gasteiger partial charge >= 0.3 is 0 Å². The summed E-state index contributed by atoms with van der Waals surface area (Å²) in [6.45, 7) is 9.85. The molecule has 6 nitrogen and oxygen atoms in total. The molecule has 27 heavy (non-hydrogen) atoms. The van der Waals surface area contributed by atoms with E-state index in [4.69, 9.17) is 14.2 Å². The Bertz CT molecular complexity index is 783. The van der Waals surface area contributed by atoms with Crippen molar-refractivity contribution in [3.8, 4) is 11.3 Å². The van der Waals surface area contributed by atoms with E-state index >= 15 is 0 Å². The number of carbonyl (C=O) groups is 1. The van der Waals surface area contributed by atoms with E-state index in [2.05, 4.69) is 19.0 Å². The third kappa shape index (κ3) is 4.05. The number of hydrogen-bond acceptors (Lipinski definition) is 5. The van der Waals surface area contributed by atoms with Crippen LogP contribution in [0.2, 0.25) is 0 Å². The summed E-state index contributed by atoms with van der Waals surface area (Å²) in [6.07, 6.45) is 2.30. The highest BCUT2D eigenvalue weighted by molar-refractivity contribution is 5.78. The van der Waals surface area contributed by atoms with Gasteiger partial charge in [0.2, 0.25) is 5.91 Å². The third-order valence-corrected chi connectivity index (χ3v) is 5.32. The Balaban J connectivity index is 1.82. The van der Waals surface area contributed by atoms with Crippen molar-refractivity contribution < 1.29 is 14.1 Å². The number of carbonyl (C=O) groups excluding carboxylic acids is 1. The van der Waals surface area contributed by atoms with Crippen LogP contribution in [-0.2, 0) is 16.0 Å². The molecular weight excluding hydrogens is 342 g/mol. The Kier molecular flexibility index (Phi) is 6.26. The van der Waals surface area contributed by atoms with Crippen LogP contribution in [0.3, 0.4) is 0 Å². The van der Waals surface area contributed by atoms with E-state index < -0.39 is 0 Å². The van der Waals surface area contributed by atoms with Gasteiger partial charge in [-0.15, -0.1) is 0 Å². The molecule has 0 spiro atoms. The molecule has 1 atom stereocenters. The van der Waals surface area contributed by atoms with Crippen LogP contribution >= 0.6 is 0 Å². The van der Waals surface area contributed by atoms with Crippen molar-refractivity contribution in [3.63, 3.8) is 0 Å². The Morgan fingerprint density at radius 1 is 1.30 bits per heavy atom. The average Bonchev–Trinajstić information content (AvgIpc) is 3.09. The van der Waals surface area contributed by atoms with Gasteiger partial charge < -0.3 is 14.2 Å². The number of ether oxygens (including phenoxy) is 1. The summed E-state index contributed by atoms with van der Waals surface area (Å²) < 4.78 is 11.4. The highest BCUT2D eigenvalue weighted by atomic mass is 16.5. The van der Waals surface area contributed by atoms with Crippen LogP contribution < -0.4 is 0 Å². The summed E-state index contributed by atoms with van der Waals surface area (Å²) in [5, 5.41) is 4.08. The third-order valence-electron chi connectivity index (χ3n) is 5.32. The molecule has 1 aliphatic heterocycles. The zero-order valence-electron chi connectivity index (χ0n) is 16.7. The molecule has 146 valence electrons. The summed E-state index contributed by atoms with van der Waals surface area (Å²) in [4.78, 5) is 19.5. The van der Waals surface area contributed by atoms with Gasteiger partial charge in [0.1, 0.15) is 11.9 Å². The Morgan fingerprint density at radius 3 is 2.78 bits per heavy atom. The highest BCUT2D eigenvalue weighted by Gasteiger charge is 2.29. The van der Waals surface area contributed by atoms with Crippen molar-refractivity contribution in [2.24, 2.45) is 5.92 Å². The monoisotopic (exact) mass is 371 g/mol. The van der Waals surface area contributed by atoms with E-state index in [1.54, 1.807) is 0 Å². The minimum atomic E-state index is -0.206. The van der Waals surface area contributed by atoms with Gasteiger partial charge in [-0.05, 0) is 31.9 Å². The molecular formula is C21H29N3O3. The molecule has 1 saturated heterocycles. The lowest BCUT2D eigenvalue weighted by molar-refractivity contribution is -0.143. The summed E-state index contributed by atoms with van der Waals surface area (Å²) >= 11 is 0. The zero-order valence-corrected chi connectivity index (χ0v) is 16.7. The zero-order chi connectivity index (χ0) is 19.4. The second kappa shape index (κ2) is 8.65. The lowest BCUT2D eigenvalue weighted by Gasteiger charge is -2.34. The smallest absolute Gasteiger partial charge is 0.225 e. The van der Waals surface area contributed by atoms with Crippen LogP contribution in [-0.4, -0.2) is 40.6 Å². The van der Waals surface area contributed by atoms with E-state index in [9.17, 15) is 4.79 Å². The Hall–Kier alpha value is -2.21. The Morgan fingerprint density at radius 2 is 2.07 bits per heavy atom. The minimum Gasteiger partial charge on any atom is -0.368 e. The molecule has 2 aromatic rings. The van der Waals surface area contributed by atoms with Crippen LogP contribution in [0.1, 0.15) is 56.9 Å². The van der Waals surface area contributed by atoms with Crippen LogP contribution in [0.25, 0.3) is 11.3 Å². The molecule has 0 aliphatic carbocycles. The summed E-state index contributed by atoms with van der Waals surface area (Å²) in [6, 6.07) is 5.92. The molecule has 0 aromatic carbocycles. The quantitative estimate of drug-likeness (QED) is 0.769. The first-order valence-corrected chi connectivity index (χ1v) is 9.91. The fourth-order valence-corrected chi connectivity index (χ4v) is 3.68. The van der Waals surface area contributed by atoms with Crippen LogP contribution in [0.4, 0.5) is 0 Å². The van der Waals surface area contributed by atoms with E-state index in [1.807, 2.05) is 36.9 Å². The number of amides is 1. The molecule has 3 heterocycles. The Labute approximate surface area is 160 Å². The number of aromatic nitrogens is 2. The van der Waals surface area contributed by atoms with Gasteiger partial charge in [-0.1, -0.05) is 32.0 Å². The van der Waals surface area contributed by atoms with Crippen molar-refractivity contribution in [2.45, 2.75) is 53.1 Å². The number of pyridine rings is 1. The highest BCUT2D eigenvalue weighted by Crippen LogP contribution is 2.29. The van der Waals surface area contributed by atoms with Crippen LogP contribution in [0, 0.1) is 12.8 Å². The van der Waals surface area contributed by atoms with Gasteiger partial charge in [-0.2, -0.15) is 0 Å². The molecule has 0 unspecified atom stereocenters. The van der Waals surface area contributed by atoms with Crippen molar-refractivity contribution in [2.75, 3.05) is 19.7 Å². The average molecular weight is 371 g/mol. The van der Waals surface area contributed by atoms with E-state index in [0.29, 0.717) is 19.7 Å². The maximum absolute atomic E-state index is 12.7. The number of morpholine rings is 1. The van der Waals surface area contributed by atoms with Crippen molar-refractivity contribution >= 4 is 5.91 Å². The predicted molar refractivity (Wildman–Crippen MR) is 103 cm³/mol. The van der Waals surface area contributed by atoms with Gasteiger partial charge in [0.25, 0.3) is 0 Å². The molecule has 0 radical (unpaired) electrons. The number of aryl methyl sites for hydroxylation is 2. The molecule has 0 bridgehead atoms. The molecule has 6 heteroatoms. The summed E-state index contributed by atoms with van der Waals surface area (Å²) in [5.41, 5.74) is 3.49. The second-order valence-electron chi connectivity index (χ2n) is 7.02. The molecule has 3 rings (SSSR count).